The molecule has 0 amide bonds. The van der Waals surface area contributed by atoms with Gasteiger partial charge >= 0.3 is 0 Å². The topological polar surface area (TPSA) is 23.6 Å². The molecule has 1 fully saturated rings. The first kappa shape index (κ1) is 22.4. The number of fused-ring (bicyclic) bond motifs is 1. The van der Waals surface area contributed by atoms with Crippen molar-refractivity contribution in [3.05, 3.63) is 83.9 Å². The van der Waals surface area contributed by atoms with Crippen LogP contribution in [-0.2, 0) is 6.54 Å². The highest BCUT2D eigenvalue weighted by Crippen LogP contribution is 2.17. The number of Topliss-reactive ketones (excluding diaryl/α,β-unsaturated/α-hetero) is 1. The van der Waals surface area contributed by atoms with Gasteiger partial charge in [0.05, 0.1) is 6.54 Å². The molecule has 0 N–H and O–H groups in total. The summed E-state index contributed by atoms with van der Waals surface area (Å²) in [4.78, 5) is 17.4. The largest absolute Gasteiger partial charge is 0.297 e. The summed E-state index contributed by atoms with van der Waals surface area (Å²) in [5.74, 6) is 0.215. The van der Waals surface area contributed by atoms with Crippen molar-refractivity contribution in [3.8, 4) is 0 Å². The van der Waals surface area contributed by atoms with E-state index in [1.807, 2.05) is 30.3 Å². The third-order valence-electron chi connectivity index (χ3n) is 5.15. The monoisotopic (exact) mass is 416 g/mol. The van der Waals surface area contributed by atoms with E-state index in [9.17, 15) is 4.79 Å². The van der Waals surface area contributed by atoms with Gasteiger partial charge in [0, 0.05) is 38.3 Å². The number of halogens is 2. The molecule has 1 saturated heterocycles. The van der Waals surface area contributed by atoms with E-state index in [1.54, 1.807) is 0 Å². The number of rotatable bonds is 5. The number of carbonyl (C=O) groups is 1. The highest BCUT2D eigenvalue weighted by molar-refractivity contribution is 6.01. The summed E-state index contributed by atoms with van der Waals surface area (Å²) in [6.45, 7) is 5.43. The zero-order valence-corrected chi connectivity index (χ0v) is 17.4. The van der Waals surface area contributed by atoms with Crippen molar-refractivity contribution in [2.24, 2.45) is 0 Å². The molecule has 1 aliphatic heterocycles. The molecule has 0 aromatic heterocycles. The zero-order valence-electron chi connectivity index (χ0n) is 15.8. The Kier molecular flexibility index (Phi) is 8.46. The Morgan fingerprint density at radius 1 is 0.714 bits per heavy atom. The van der Waals surface area contributed by atoms with Crippen molar-refractivity contribution in [2.45, 2.75) is 6.54 Å². The summed E-state index contributed by atoms with van der Waals surface area (Å²) in [6.07, 6.45) is 0. The second kappa shape index (κ2) is 10.6. The maximum atomic E-state index is 12.7. The molecule has 3 aromatic carbocycles. The molecule has 0 bridgehead atoms. The molecule has 3 nitrogen and oxygen atoms in total. The molecule has 3 aromatic rings. The van der Waals surface area contributed by atoms with Crippen molar-refractivity contribution >= 4 is 41.4 Å². The first-order chi connectivity index (χ1) is 12.8. The van der Waals surface area contributed by atoms with Crippen molar-refractivity contribution < 1.29 is 4.79 Å². The number of piperazine rings is 1. The molecular weight excluding hydrogens is 391 g/mol. The SMILES string of the molecule is Cl.Cl.O=C(CN1CCN(Cc2ccccc2)CC1)c1ccc2ccccc2c1. The van der Waals surface area contributed by atoms with Gasteiger partial charge in [-0.2, -0.15) is 0 Å². The molecular formula is C23H26Cl2N2O. The van der Waals surface area contributed by atoms with Crippen molar-refractivity contribution in [1.82, 2.24) is 9.80 Å². The minimum absolute atomic E-state index is 0. The van der Waals surface area contributed by atoms with Crippen LogP contribution < -0.4 is 0 Å². The predicted octanol–water partition coefficient (Wildman–Crippen LogP) is 4.68. The molecule has 0 saturated carbocycles. The average Bonchev–Trinajstić information content (AvgIpc) is 2.70. The van der Waals surface area contributed by atoms with E-state index in [-0.39, 0.29) is 30.6 Å². The first-order valence-electron chi connectivity index (χ1n) is 9.28. The van der Waals surface area contributed by atoms with Crippen LogP contribution >= 0.6 is 24.8 Å². The molecule has 0 radical (unpaired) electrons. The molecule has 1 heterocycles. The highest BCUT2D eigenvalue weighted by Gasteiger charge is 2.19. The van der Waals surface area contributed by atoms with E-state index in [4.69, 9.17) is 0 Å². The first-order valence-corrected chi connectivity index (χ1v) is 9.28. The van der Waals surface area contributed by atoms with Crippen LogP contribution in [0.15, 0.2) is 72.8 Å². The Hall–Kier alpha value is -1.91. The third kappa shape index (κ3) is 5.55. The predicted molar refractivity (Wildman–Crippen MR) is 121 cm³/mol. The van der Waals surface area contributed by atoms with E-state index in [1.165, 1.54) is 10.9 Å². The lowest BCUT2D eigenvalue weighted by molar-refractivity contribution is 0.0844. The smallest absolute Gasteiger partial charge is 0.176 e. The van der Waals surface area contributed by atoms with Gasteiger partial charge in [-0.05, 0) is 22.4 Å². The maximum absolute atomic E-state index is 12.7. The summed E-state index contributed by atoms with van der Waals surface area (Å²) < 4.78 is 0. The summed E-state index contributed by atoms with van der Waals surface area (Å²) in [6, 6.07) is 24.8. The van der Waals surface area contributed by atoms with Gasteiger partial charge in [0.25, 0.3) is 0 Å². The standard InChI is InChI=1S/C23H24N2O.2ClH/c26-23(22-11-10-20-8-4-5-9-21(20)16-22)18-25-14-12-24(13-15-25)17-19-6-2-1-3-7-19;;/h1-11,16H,12-15,17-18H2;2*1H. The van der Waals surface area contributed by atoms with Crippen LogP contribution in [0, 0.1) is 0 Å². The van der Waals surface area contributed by atoms with Crippen LogP contribution in [0.5, 0.6) is 0 Å². The lowest BCUT2D eigenvalue weighted by Gasteiger charge is -2.34. The lowest BCUT2D eigenvalue weighted by Crippen LogP contribution is -2.47. The Balaban J connectivity index is 0.00000140. The molecule has 0 spiro atoms. The number of ketones is 1. The van der Waals surface area contributed by atoms with E-state index >= 15 is 0 Å². The van der Waals surface area contributed by atoms with Crippen LogP contribution in [0.1, 0.15) is 15.9 Å². The van der Waals surface area contributed by atoms with Crippen LogP contribution in [0.3, 0.4) is 0 Å². The summed E-state index contributed by atoms with van der Waals surface area (Å²) >= 11 is 0. The Labute approximate surface area is 179 Å². The highest BCUT2D eigenvalue weighted by atomic mass is 35.5. The second-order valence-corrected chi connectivity index (χ2v) is 7.02. The van der Waals surface area contributed by atoms with E-state index in [0.29, 0.717) is 6.54 Å². The van der Waals surface area contributed by atoms with Crippen molar-refractivity contribution in [3.63, 3.8) is 0 Å². The van der Waals surface area contributed by atoms with Crippen LogP contribution in [0.2, 0.25) is 0 Å². The molecule has 148 valence electrons. The minimum atomic E-state index is 0. The minimum Gasteiger partial charge on any atom is -0.297 e. The molecule has 28 heavy (non-hydrogen) atoms. The Morgan fingerprint density at radius 3 is 2.04 bits per heavy atom. The molecule has 1 aliphatic rings. The summed E-state index contributed by atoms with van der Waals surface area (Å²) in [7, 11) is 0. The van der Waals surface area contributed by atoms with Gasteiger partial charge in [-0.25, -0.2) is 0 Å². The molecule has 0 aliphatic carbocycles. The van der Waals surface area contributed by atoms with Gasteiger partial charge in [0.2, 0.25) is 0 Å². The maximum Gasteiger partial charge on any atom is 0.176 e. The number of carbonyl (C=O) groups excluding carboxylic acids is 1. The fourth-order valence-corrected chi connectivity index (χ4v) is 3.60. The molecule has 5 heteroatoms. The zero-order chi connectivity index (χ0) is 17.8. The van der Waals surface area contributed by atoms with Gasteiger partial charge in [-0.15, -0.1) is 24.8 Å². The Morgan fingerprint density at radius 2 is 1.32 bits per heavy atom. The number of hydrogen-bond acceptors (Lipinski definition) is 3. The number of nitrogens with zero attached hydrogens (tertiary/aromatic N) is 2. The number of benzene rings is 3. The van der Waals surface area contributed by atoms with Crippen LogP contribution in [0.25, 0.3) is 10.8 Å². The Bertz CT molecular complexity index is 893. The number of hydrogen-bond donors (Lipinski definition) is 0. The summed E-state index contributed by atoms with van der Waals surface area (Å²) in [5, 5.41) is 2.31. The van der Waals surface area contributed by atoms with Crippen molar-refractivity contribution in [2.75, 3.05) is 32.7 Å². The van der Waals surface area contributed by atoms with Crippen LogP contribution in [-0.4, -0.2) is 48.3 Å². The fraction of sp³-hybridized carbons (Fsp3) is 0.261. The van der Waals surface area contributed by atoms with Gasteiger partial charge in [0.15, 0.2) is 5.78 Å². The van der Waals surface area contributed by atoms with Gasteiger partial charge in [-0.3, -0.25) is 14.6 Å². The van der Waals surface area contributed by atoms with E-state index in [0.717, 1.165) is 43.7 Å². The summed E-state index contributed by atoms with van der Waals surface area (Å²) in [5.41, 5.74) is 2.17. The lowest BCUT2D eigenvalue weighted by atomic mass is 10.0. The van der Waals surface area contributed by atoms with Gasteiger partial charge in [-0.1, -0.05) is 66.7 Å². The molecule has 0 atom stereocenters. The normalized spacial score (nSPS) is 14.9. The van der Waals surface area contributed by atoms with Gasteiger partial charge in [0.1, 0.15) is 0 Å². The van der Waals surface area contributed by atoms with E-state index in [2.05, 4.69) is 52.3 Å². The fourth-order valence-electron chi connectivity index (χ4n) is 3.60. The van der Waals surface area contributed by atoms with Crippen molar-refractivity contribution in [1.29, 1.82) is 0 Å². The third-order valence-corrected chi connectivity index (χ3v) is 5.15. The van der Waals surface area contributed by atoms with Gasteiger partial charge < -0.3 is 0 Å². The second-order valence-electron chi connectivity index (χ2n) is 7.02. The van der Waals surface area contributed by atoms with E-state index < -0.39 is 0 Å². The quantitative estimate of drug-likeness (QED) is 0.563. The van der Waals surface area contributed by atoms with Crippen LogP contribution in [0.4, 0.5) is 0 Å². The average molecular weight is 417 g/mol. The molecule has 0 unspecified atom stereocenters. The molecule has 4 rings (SSSR count).